The fourth-order valence-electron chi connectivity index (χ4n) is 3.61. The first-order chi connectivity index (χ1) is 16.2. The molecule has 0 saturated carbocycles. The topological polar surface area (TPSA) is 81.9 Å². The lowest BCUT2D eigenvalue weighted by Gasteiger charge is -2.07. The number of benzene rings is 2. The van der Waals surface area contributed by atoms with Crippen LogP contribution in [0.25, 0.3) is 22.1 Å². The smallest absolute Gasteiger partial charge is 0.220 e. The van der Waals surface area contributed by atoms with E-state index in [1.54, 1.807) is 19.2 Å². The van der Waals surface area contributed by atoms with Crippen LogP contribution < -0.4 is 5.32 Å². The lowest BCUT2D eigenvalue weighted by atomic mass is 10.2. The largest absolute Gasteiger partial charge is 0.383 e. The zero-order valence-electron chi connectivity index (χ0n) is 18.5. The van der Waals surface area contributed by atoms with Gasteiger partial charge in [0.25, 0.3) is 0 Å². The molecular formula is C24H26FN5O2S. The van der Waals surface area contributed by atoms with Gasteiger partial charge in [-0.1, -0.05) is 42.1 Å². The minimum Gasteiger partial charge on any atom is -0.383 e. The minimum absolute atomic E-state index is 0.0432. The van der Waals surface area contributed by atoms with E-state index in [0.29, 0.717) is 31.3 Å². The molecule has 0 aliphatic rings. The zero-order chi connectivity index (χ0) is 23.0. The van der Waals surface area contributed by atoms with Gasteiger partial charge >= 0.3 is 0 Å². The van der Waals surface area contributed by atoms with Crippen LogP contribution in [-0.2, 0) is 16.1 Å². The van der Waals surface area contributed by atoms with E-state index in [0.717, 1.165) is 46.2 Å². The maximum absolute atomic E-state index is 13.3. The van der Waals surface area contributed by atoms with Gasteiger partial charge in [-0.3, -0.25) is 4.79 Å². The third-order valence-corrected chi connectivity index (χ3v) is 6.19. The Balaban J connectivity index is 1.44. The van der Waals surface area contributed by atoms with Crippen molar-refractivity contribution in [2.24, 2.45) is 0 Å². The van der Waals surface area contributed by atoms with Crippen LogP contribution >= 0.6 is 11.8 Å². The first-order valence-corrected chi connectivity index (χ1v) is 11.9. The first kappa shape index (κ1) is 23.1. The van der Waals surface area contributed by atoms with Crippen LogP contribution in [0.15, 0.2) is 53.7 Å². The summed E-state index contributed by atoms with van der Waals surface area (Å²) >= 11 is 1.54. The predicted molar refractivity (Wildman–Crippen MR) is 128 cm³/mol. The highest BCUT2D eigenvalue weighted by Gasteiger charge is 2.15. The molecule has 7 nitrogen and oxygen atoms in total. The molecule has 2 aromatic carbocycles. The number of unbranched alkanes of at least 4 members (excludes halogenated alkanes) is 1. The number of methoxy groups -OCH3 is 1. The number of nitrogens with zero attached hydrogens (tertiary/aromatic N) is 4. The molecule has 0 radical (unpaired) electrons. The summed E-state index contributed by atoms with van der Waals surface area (Å²) < 4.78 is 20.4. The second-order valence-corrected chi connectivity index (χ2v) is 8.71. The Morgan fingerprint density at radius 3 is 2.76 bits per heavy atom. The van der Waals surface area contributed by atoms with Gasteiger partial charge in [0.2, 0.25) is 11.1 Å². The summed E-state index contributed by atoms with van der Waals surface area (Å²) in [6.07, 6.45) is 2.17. The minimum atomic E-state index is -0.254. The summed E-state index contributed by atoms with van der Waals surface area (Å²) in [6, 6.07) is 14.5. The standard InChI is InChI=1S/C24H26FN5O2S/c1-32-14-13-26-21(31)8-4-5-15-33-24-27-23-22(28-29-24)19-6-2-3-7-20(19)30(23)16-17-9-11-18(25)12-10-17/h2-3,6-7,9-12H,4-5,8,13-16H2,1H3,(H,26,31). The summed E-state index contributed by atoms with van der Waals surface area (Å²) in [5.74, 6) is 0.592. The Labute approximate surface area is 195 Å². The third kappa shape index (κ3) is 5.85. The van der Waals surface area contributed by atoms with Crippen molar-refractivity contribution in [2.45, 2.75) is 31.0 Å². The molecule has 0 aliphatic heterocycles. The lowest BCUT2D eigenvalue weighted by molar-refractivity contribution is -0.121. The van der Waals surface area contributed by atoms with Crippen molar-refractivity contribution in [2.75, 3.05) is 26.0 Å². The van der Waals surface area contributed by atoms with Gasteiger partial charge in [0.1, 0.15) is 11.3 Å². The number of para-hydroxylation sites is 1. The van der Waals surface area contributed by atoms with Crippen LogP contribution in [0.3, 0.4) is 0 Å². The fourth-order valence-corrected chi connectivity index (χ4v) is 4.40. The van der Waals surface area contributed by atoms with Crippen molar-refractivity contribution in [3.05, 3.63) is 59.9 Å². The van der Waals surface area contributed by atoms with Crippen molar-refractivity contribution >= 4 is 39.7 Å². The number of carbonyl (C=O) groups is 1. The number of halogens is 1. The molecule has 4 aromatic rings. The highest BCUT2D eigenvalue weighted by molar-refractivity contribution is 7.99. The number of thioether (sulfide) groups is 1. The van der Waals surface area contributed by atoms with Crippen LogP contribution in [0, 0.1) is 5.82 Å². The predicted octanol–water partition coefficient (Wildman–Crippen LogP) is 4.19. The average molecular weight is 468 g/mol. The molecule has 0 unspecified atom stereocenters. The molecule has 33 heavy (non-hydrogen) atoms. The molecule has 2 aromatic heterocycles. The normalized spacial score (nSPS) is 11.3. The van der Waals surface area contributed by atoms with E-state index in [4.69, 9.17) is 9.72 Å². The summed E-state index contributed by atoms with van der Waals surface area (Å²) in [5.41, 5.74) is 3.51. The summed E-state index contributed by atoms with van der Waals surface area (Å²) in [5, 5.41) is 13.2. The van der Waals surface area contributed by atoms with Crippen molar-refractivity contribution < 1.29 is 13.9 Å². The molecule has 1 N–H and O–H groups in total. The van der Waals surface area contributed by atoms with Crippen molar-refractivity contribution in [3.63, 3.8) is 0 Å². The molecule has 0 spiro atoms. The van der Waals surface area contributed by atoms with Gasteiger partial charge in [-0.05, 0) is 36.6 Å². The van der Waals surface area contributed by atoms with Gasteiger partial charge in [0.15, 0.2) is 5.65 Å². The number of aromatic nitrogens is 4. The van der Waals surface area contributed by atoms with Gasteiger partial charge in [-0.15, -0.1) is 10.2 Å². The highest BCUT2D eigenvalue weighted by Crippen LogP contribution is 2.28. The van der Waals surface area contributed by atoms with Crippen LogP contribution in [-0.4, -0.2) is 51.7 Å². The Morgan fingerprint density at radius 2 is 1.94 bits per heavy atom. The maximum atomic E-state index is 13.3. The second-order valence-electron chi connectivity index (χ2n) is 7.64. The Morgan fingerprint density at radius 1 is 1.12 bits per heavy atom. The Kier molecular flexibility index (Phi) is 7.85. The van der Waals surface area contributed by atoms with Gasteiger partial charge in [0, 0.05) is 37.8 Å². The number of rotatable bonds is 11. The number of amides is 1. The van der Waals surface area contributed by atoms with Crippen LogP contribution in [0.2, 0.25) is 0 Å². The molecular weight excluding hydrogens is 441 g/mol. The van der Waals surface area contributed by atoms with E-state index in [2.05, 4.69) is 20.1 Å². The summed E-state index contributed by atoms with van der Waals surface area (Å²) in [7, 11) is 1.61. The van der Waals surface area contributed by atoms with E-state index in [9.17, 15) is 9.18 Å². The highest BCUT2D eigenvalue weighted by atomic mass is 32.2. The zero-order valence-corrected chi connectivity index (χ0v) is 19.3. The molecule has 0 fully saturated rings. The van der Waals surface area contributed by atoms with Crippen LogP contribution in [0.1, 0.15) is 24.8 Å². The van der Waals surface area contributed by atoms with E-state index < -0.39 is 0 Å². The third-order valence-electron chi connectivity index (χ3n) is 5.27. The molecule has 0 atom stereocenters. The summed E-state index contributed by atoms with van der Waals surface area (Å²) in [6.45, 7) is 1.62. The lowest BCUT2D eigenvalue weighted by Crippen LogP contribution is -2.26. The number of fused-ring (bicyclic) bond motifs is 3. The number of carbonyl (C=O) groups excluding carboxylic acids is 1. The number of nitrogens with one attached hydrogen (secondary N) is 1. The van der Waals surface area contributed by atoms with Gasteiger partial charge in [0.05, 0.1) is 12.1 Å². The molecule has 9 heteroatoms. The number of hydrogen-bond acceptors (Lipinski definition) is 6. The van der Waals surface area contributed by atoms with E-state index in [1.165, 1.54) is 23.9 Å². The molecule has 2 heterocycles. The van der Waals surface area contributed by atoms with Gasteiger partial charge < -0.3 is 14.6 Å². The van der Waals surface area contributed by atoms with E-state index in [1.807, 2.05) is 24.3 Å². The molecule has 1 amide bonds. The van der Waals surface area contributed by atoms with E-state index >= 15 is 0 Å². The molecule has 0 bridgehead atoms. The average Bonchev–Trinajstić information content (AvgIpc) is 3.13. The first-order valence-electron chi connectivity index (χ1n) is 10.9. The molecule has 4 rings (SSSR count). The van der Waals surface area contributed by atoms with Crippen molar-refractivity contribution in [1.82, 2.24) is 25.1 Å². The molecule has 172 valence electrons. The van der Waals surface area contributed by atoms with Crippen LogP contribution in [0.4, 0.5) is 4.39 Å². The Hall–Kier alpha value is -3.04. The fraction of sp³-hybridized carbons (Fsp3) is 0.333. The molecule has 0 saturated heterocycles. The maximum Gasteiger partial charge on any atom is 0.220 e. The van der Waals surface area contributed by atoms with Crippen molar-refractivity contribution in [3.8, 4) is 0 Å². The number of ether oxygens (including phenoxy) is 1. The van der Waals surface area contributed by atoms with Gasteiger partial charge in [-0.25, -0.2) is 9.37 Å². The summed E-state index contributed by atoms with van der Waals surface area (Å²) in [4.78, 5) is 16.6. The second kappa shape index (κ2) is 11.2. The van der Waals surface area contributed by atoms with Crippen LogP contribution in [0.5, 0.6) is 0 Å². The molecule has 0 aliphatic carbocycles. The Bertz CT molecular complexity index is 1230. The van der Waals surface area contributed by atoms with Gasteiger partial charge in [-0.2, -0.15) is 0 Å². The monoisotopic (exact) mass is 467 g/mol. The van der Waals surface area contributed by atoms with E-state index in [-0.39, 0.29) is 11.7 Å². The quantitative estimate of drug-likeness (QED) is 0.263. The van der Waals surface area contributed by atoms with Crippen molar-refractivity contribution in [1.29, 1.82) is 0 Å². The number of hydrogen-bond donors (Lipinski definition) is 1. The SMILES string of the molecule is COCCNC(=O)CCCCSc1nnc2c3ccccc3n(Cc3ccc(F)cc3)c2n1.